The Labute approximate surface area is 110 Å². The number of hydrogen-bond acceptors (Lipinski definition) is 2. The smallest absolute Gasteiger partial charge is 0.0233 e. The van der Waals surface area contributed by atoms with Crippen molar-refractivity contribution in [2.24, 2.45) is 11.7 Å². The van der Waals surface area contributed by atoms with Gasteiger partial charge in [-0.1, -0.05) is 30.3 Å². The van der Waals surface area contributed by atoms with Crippen molar-refractivity contribution in [3.8, 4) is 0 Å². The summed E-state index contributed by atoms with van der Waals surface area (Å²) in [6.45, 7) is 3.53. The maximum Gasteiger partial charge on any atom is 0.0233 e. The third-order valence-electron chi connectivity index (χ3n) is 4.85. The van der Waals surface area contributed by atoms with Gasteiger partial charge in [0.15, 0.2) is 0 Å². The molecule has 1 aromatic carbocycles. The first-order valence-electron chi connectivity index (χ1n) is 7.31. The number of hydrogen-bond donors (Lipinski definition) is 1. The SMILES string of the molecule is NC1(C2CCCN(Cc3ccccc3)C2)CCC1. The molecule has 1 aliphatic carbocycles. The molecule has 0 radical (unpaired) electrons. The average Bonchev–Trinajstić information content (AvgIpc) is 2.37. The van der Waals surface area contributed by atoms with Crippen LogP contribution in [0.25, 0.3) is 0 Å². The summed E-state index contributed by atoms with van der Waals surface area (Å²) < 4.78 is 0. The quantitative estimate of drug-likeness (QED) is 0.886. The second-order valence-electron chi connectivity index (χ2n) is 6.15. The minimum Gasteiger partial charge on any atom is -0.325 e. The first kappa shape index (κ1) is 12.2. The zero-order valence-corrected chi connectivity index (χ0v) is 11.1. The Hall–Kier alpha value is -0.860. The summed E-state index contributed by atoms with van der Waals surface area (Å²) in [5.41, 5.74) is 8.11. The van der Waals surface area contributed by atoms with Gasteiger partial charge in [0, 0.05) is 18.6 Å². The second kappa shape index (κ2) is 5.02. The molecule has 2 N–H and O–H groups in total. The lowest BCUT2D eigenvalue weighted by Crippen LogP contribution is -2.57. The minimum atomic E-state index is 0.176. The van der Waals surface area contributed by atoms with Crippen LogP contribution >= 0.6 is 0 Å². The molecule has 98 valence electrons. The molecular formula is C16H24N2. The molecule has 1 saturated heterocycles. The van der Waals surface area contributed by atoms with Crippen molar-refractivity contribution in [2.75, 3.05) is 13.1 Å². The van der Waals surface area contributed by atoms with Gasteiger partial charge in [0.2, 0.25) is 0 Å². The lowest BCUT2D eigenvalue weighted by Gasteiger charge is -2.48. The van der Waals surface area contributed by atoms with Gasteiger partial charge < -0.3 is 5.73 Å². The van der Waals surface area contributed by atoms with Crippen LogP contribution in [0.2, 0.25) is 0 Å². The summed E-state index contributed by atoms with van der Waals surface area (Å²) in [6, 6.07) is 10.8. The number of nitrogens with zero attached hydrogens (tertiary/aromatic N) is 1. The van der Waals surface area contributed by atoms with E-state index in [0.29, 0.717) is 0 Å². The maximum absolute atomic E-state index is 6.51. The van der Waals surface area contributed by atoms with Gasteiger partial charge in [-0.2, -0.15) is 0 Å². The fraction of sp³-hybridized carbons (Fsp3) is 0.625. The lowest BCUT2D eigenvalue weighted by molar-refractivity contribution is 0.0660. The molecule has 2 heteroatoms. The Morgan fingerprint density at radius 1 is 1.17 bits per heavy atom. The minimum absolute atomic E-state index is 0.176. The molecule has 1 unspecified atom stereocenters. The molecule has 1 aromatic rings. The standard InChI is InChI=1S/C16H24N2/c17-16(9-5-10-16)15-8-4-11-18(13-15)12-14-6-2-1-3-7-14/h1-3,6-7,15H,4-5,8-13,17H2. The number of nitrogens with two attached hydrogens (primary N) is 1. The van der Waals surface area contributed by atoms with Crippen molar-refractivity contribution in [1.82, 2.24) is 4.90 Å². The van der Waals surface area contributed by atoms with Crippen LogP contribution in [0.1, 0.15) is 37.7 Å². The summed E-state index contributed by atoms with van der Waals surface area (Å²) in [5, 5.41) is 0. The van der Waals surface area contributed by atoms with Crippen LogP contribution in [-0.2, 0) is 6.54 Å². The molecule has 1 aliphatic heterocycles. The van der Waals surface area contributed by atoms with E-state index in [-0.39, 0.29) is 5.54 Å². The Morgan fingerprint density at radius 2 is 1.94 bits per heavy atom. The zero-order valence-electron chi connectivity index (χ0n) is 11.1. The fourth-order valence-corrected chi connectivity index (χ4v) is 3.50. The summed E-state index contributed by atoms with van der Waals surface area (Å²) in [6.07, 6.45) is 6.48. The first-order chi connectivity index (χ1) is 8.76. The molecule has 2 fully saturated rings. The van der Waals surface area contributed by atoms with E-state index in [0.717, 1.165) is 12.5 Å². The van der Waals surface area contributed by atoms with Gasteiger partial charge in [0.25, 0.3) is 0 Å². The third-order valence-corrected chi connectivity index (χ3v) is 4.85. The largest absolute Gasteiger partial charge is 0.325 e. The van der Waals surface area contributed by atoms with E-state index >= 15 is 0 Å². The molecule has 2 aliphatic rings. The molecule has 1 atom stereocenters. The third kappa shape index (κ3) is 2.45. The van der Waals surface area contributed by atoms with Gasteiger partial charge >= 0.3 is 0 Å². The fourth-order valence-electron chi connectivity index (χ4n) is 3.50. The first-order valence-corrected chi connectivity index (χ1v) is 7.31. The highest BCUT2D eigenvalue weighted by molar-refractivity contribution is 5.14. The van der Waals surface area contributed by atoms with Gasteiger partial charge in [-0.15, -0.1) is 0 Å². The van der Waals surface area contributed by atoms with Crippen LogP contribution in [0.4, 0.5) is 0 Å². The highest BCUT2D eigenvalue weighted by Crippen LogP contribution is 2.40. The highest BCUT2D eigenvalue weighted by Gasteiger charge is 2.41. The van der Waals surface area contributed by atoms with Crippen LogP contribution in [0.15, 0.2) is 30.3 Å². The molecule has 1 saturated carbocycles. The topological polar surface area (TPSA) is 29.3 Å². The van der Waals surface area contributed by atoms with Crippen molar-refractivity contribution in [1.29, 1.82) is 0 Å². The predicted octanol–water partition coefficient (Wildman–Crippen LogP) is 2.78. The van der Waals surface area contributed by atoms with E-state index in [4.69, 9.17) is 5.73 Å². The molecule has 3 rings (SSSR count). The highest BCUT2D eigenvalue weighted by atomic mass is 15.1. The molecule has 18 heavy (non-hydrogen) atoms. The van der Waals surface area contributed by atoms with E-state index < -0.39 is 0 Å². The predicted molar refractivity (Wildman–Crippen MR) is 75.2 cm³/mol. The molecular weight excluding hydrogens is 220 g/mol. The molecule has 2 nitrogen and oxygen atoms in total. The van der Waals surface area contributed by atoms with Gasteiger partial charge in [0.1, 0.15) is 0 Å². The summed E-state index contributed by atoms with van der Waals surface area (Å²) in [5.74, 6) is 0.726. The van der Waals surface area contributed by atoms with Gasteiger partial charge in [-0.3, -0.25) is 4.90 Å². The normalized spacial score (nSPS) is 27.7. The van der Waals surface area contributed by atoms with E-state index in [2.05, 4.69) is 35.2 Å². The van der Waals surface area contributed by atoms with Crippen LogP contribution < -0.4 is 5.73 Å². The lowest BCUT2D eigenvalue weighted by atomic mass is 9.66. The maximum atomic E-state index is 6.51. The molecule has 0 spiro atoms. The summed E-state index contributed by atoms with van der Waals surface area (Å²) in [4.78, 5) is 2.59. The van der Waals surface area contributed by atoms with Crippen LogP contribution in [0.5, 0.6) is 0 Å². The molecule has 1 heterocycles. The Bertz CT molecular complexity index is 383. The van der Waals surface area contributed by atoms with Crippen LogP contribution in [-0.4, -0.2) is 23.5 Å². The van der Waals surface area contributed by atoms with E-state index in [1.54, 1.807) is 0 Å². The van der Waals surface area contributed by atoms with Crippen LogP contribution in [0.3, 0.4) is 0 Å². The molecule has 0 bridgehead atoms. The Morgan fingerprint density at radius 3 is 2.61 bits per heavy atom. The van der Waals surface area contributed by atoms with E-state index in [1.807, 2.05) is 0 Å². The van der Waals surface area contributed by atoms with Crippen molar-refractivity contribution in [3.05, 3.63) is 35.9 Å². The van der Waals surface area contributed by atoms with Crippen molar-refractivity contribution >= 4 is 0 Å². The number of piperidine rings is 1. The molecule has 0 amide bonds. The monoisotopic (exact) mass is 244 g/mol. The van der Waals surface area contributed by atoms with Crippen molar-refractivity contribution in [3.63, 3.8) is 0 Å². The average molecular weight is 244 g/mol. The van der Waals surface area contributed by atoms with Gasteiger partial charge in [-0.25, -0.2) is 0 Å². The van der Waals surface area contributed by atoms with Gasteiger partial charge in [-0.05, 0) is 50.1 Å². The number of rotatable bonds is 3. The van der Waals surface area contributed by atoms with Gasteiger partial charge in [0.05, 0.1) is 0 Å². The van der Waals surface area contributed by atoms with E-state index in [9.17, 15) is 0 Å². The molecule has 0 aromatic heterocycles. The summed E-state index contributed by atoms with van der Waals surface area (Å²) in [7, 11) is 0. The Kier molecular flexibility index (Phi) is 3.40. The van der Waals surface area contributed by atoms with Crippen molar-refractivity contribution in [2.45, 2.75) is 44.2 Å². The van der Waals surface area contributed by atoms with Crippen molar-refractivity contribution < 1.29 is 0 Å². The number of benzene rings is 1. The number of likely N-dealkylation sites (tertiary alicyclic amines) is 1. The Balaban J connectivity index is 1.60. The van der Waals surface area contributed by atoms with E-state index in [1.165, 1.54) is 50.8 Å². The zero-order chi connectivity index (χ0) is 12.4. The summed E-state index contributed by atoms with van der Waals surface area (Å²) >= 11 is 0. The van der Waals surface area contributed by atoms with Crippen LogP contribution in [0, 0.1) is 5.92 Å². The second-order valence-corrected chi connectivity index (χ2v) is 6.15.